The number of fused-ring (bicyclic) bond motifs is 4. The van der Waals surface area contributed by atoms with Gasteiger partial charge in [-0.1, -0.05) is 12.1 Å². The van der Waals surface area contributed by atoms with Crippen LogP contribution in [0, 0.1) is 13.3 Å². The van der Waals surface area contributed by atoms with Crippen molar-refractivity contribution >= 4 is 10.8 Å². The molecule has 1 aliphatic rings. The summed E-state index contributed by atoms with van der Waals surface area (Å²) in [6.45, 7) is 2.21. The van der Waals surface area contributed by atoms with E-state index < -0.39 is 0 Å². The van der Waals surface area contributed by atoms with Crippen molar-refractivity contribution in [3.8, 4) is 0 Å². The van der Waals surface area contributed by atoms with Crippen LogP contribution in [0.4, 0.5) is 0 Å². The monoisotopic (exact) mass is 243 g/mol. The van der Waals surface area contributed by atoms with Gasteiger partial charge in [0.05, 0.1) is 22.9 Å². The Balaban J connectivity index is 2.01. The molecule has 0 atom stereocenters. The van der Waals surface area contributed by atoms with Crippen LogP contribution in [-0.2, 0) is 6.42 Å². The second-order valence-electron chi connectivity index (χ2n) is 5.33. The average Bonchev–Trinajstić information content (AvgIpc) is 2.46. The fraction of sp³-hybridized carbons (Fsp3) is 0.105. The number of hydrogen-bond acceptors (Lipinski definition) is 0. The van der Waals surface area contributed by atoms with E-state index in [-0.39, 0.29) is 0 Å². The predicted octanol–water partition coefficient (Wildman–Crippen LogP) is 4.65. The van der Waals surface area contributed by atoms with Gasteiger partial charge in [0.15, 0.2) is 0 Å². The van der Waals surface area contributed by atoms with Gasteiger partial charge in [-0.15, -0.1) is 0 Å². The molecule has 0 saturated heterocycles. The molecular formula is C19H15+. The highest BCUT2D eigenvalue weighted by Gasteiger charge is 2.24. The quantitative estimate of drug-likeness (QED) is 0.394. The molecule has 0 bridgehead atoms. The molecule has 0 heteroatoms. The summed E-state index contributed by atoms with van der Waals surface area (Å²) in [7, 11) is 0. The SMILES string of the molecule is Cc1cc2c(c3ccccc13)[CH+]c1ccccc1C2. The molecule has 0 radical (unpaired) electrons. The van der Waals surface area contributed by atoms with Gasteiger partial charge in [-0.3, -0.25) is 0 Å². The van der Waals surface area contributed by atoms with Crippen LogP contribution >= 0.6 is 0 Å². The topological polar surface area (TPSA) is 0 Å². The molecule has 0 aliphatic heterocycles. The lowest BCUT2D eigenvalue weighted by molar-refractivity contribution is 1.10. The van der Waals surface area contributed by atoms with Gasteiger partial charge in [-0.05, 0) is 48.9 Å². The second-order valence-corrected chi connectivity index (χ2v) is 5.33. The highest BCUT2D eigenvalue weighted by atomic mass is 14.2. The molecule has 3 aromatic carbocycles. The highest BCUT2D eigenvalue weighted by Crippen LogP contribution is 2.35. The molecule has 4 rings (SSSR count). The minimum atomic E-state index is 1.05. The first kappa shape index (κ1) is 10.7. The molecule has 0 saturated carbocycles. The first-order valence-corrected chi connectivity index (χ1v) is 6.77. The highest BCUT2D eigenvalue weighted by molar-refractivity contribution is 5.91. The van der Waals surface area contributed by atoms with E-state index >= 15 is 0 Å². The Morgan fingerprint density at radius 1 is 0.842 bits per heavy atom. The van der Waals surface area contributed by atoms with Crippen molar-refractivity contribution in [1.29, 1.82) is 0 Å². The standard InChI is InChI=1S/C19H15/c1-13-10-16-11-14-6-2-3-7-15(14)12-19(16)18-9-5-4-8-17(13)18/h2-10,12H,11H2,1H3/q+1. The van der Waals surface area contributed by atoms with Gasteiger partial charge in [-0.2, -0.15) is 0 Å². The van der Waals surface area contributed by atoms with Crippen LogP contribution in [-0.4, -0.2) is 0 Å². The third-order valence-electron chi connectivity index (χ3n) is 4.11. The van der Waals surface area contributed by atoms with E-state index in [1.165, 1.54) is 38.6 Å². The van der Waals surface area contributed by atoms with Crippen molar-refractivity contribution in [3.05, 3.63) is 88.8 Å². The molecule has 0 fully saturated rings. The van der Waals surface area contributed by atoms with E-state index in [2.05, 4.69) is 67.9 Å². The molecule has 0 N–H and O–H groups in total. The van der Waals surface area contributed by atoms with Crippen molar-refractivity contribution in [3.63, 3.8) is 0 Å². The van der Waals surface area contributed by atoms with Crippen LogP contribution in [0.25, 0.3) is 10.8 Å². The van der Waals surface area contributed by atoms with Crippen molar-refractivity contribution < 1.29 is 0 Å². The van der Waals surface area contributed by atoms with E-state index in [4.69, 9.17) is 0 Å². The summed E-state index contributed by atoms with van der Waals surface area (Å²) in [5.74, 6) is 0. The van der Waals surface area contributed by atoms with Crippen molar-refractivity contribution in [2.75, 3.05) is 0 Å². The number of rotatable bonds is 0. The summed E-state index contributed by atoms with van der Waals surface area (Å²) in [4.78, 5) is 0. The van der Waals surface area contributed by atoms with Gasteiger partial charge in [0.2, 0.25) is 0 Å². The van der Waals surface area contributed by atoms with Gasteiger partial charge in [0.1, 0.15) is 0 Å². The predicted molar refractivity (Wildman–Crippen MR) is 80.4 cm³/mol. The zero-order chi connectivity index (χ0) is 12.8. The summed E-state index contributed by atoms with van der Waals surface area (Å²) in [5.41, 5.74) is 7.03. The Bertz CT molecular complexity index is 781. The maximum Gasteiger partial charge on any atom is 0.0847 e. The molecular weight excluding hydrogens is 228 g/mol. The lowest BCUT2D eigenvalue weighted by Crippen LogP contribution is -2.06. The van der Waals surface area contributed by atoms with E-state index in [9.17, 15) is 0 Å². The molecule has 19 heavy (non-hydrogen) atoms. The Labute approximate surface area is 113 Å². The summed E-state index contributed by atoms with van der Waals surface area (Å²) in [6, 6.07) is 19.8. The Morgan fingerprint density at radius 2 is 1.58 bits per heavy atom. The van der Waals surface area contributed by atoms with Crippen LogP contribution in [0.15, 0.2) is 54.6 Å². The van der Waals surface area contributed by atoms with Gasteiger partial charge < -0.3 is 0 Å². The summed E-state index contributed by atoms with van der Waals surface area (Å²) >= 11 is 0. The fourth-order valence-electron chi connectivity index (χ4n) is 3.17. The molecule has 0 amide bonds. The van der Waals surface area contributed by atoms with E-state index in [0.29, 0.717) is 0 Å². The minimum Gasteiger partial charge on any atom is -0.0602 e. The Morgan fingerprint density at radius 3 is 2.47 bits per heavy atom. The number of aryl methyl sites for hydroxylation is 1. The summed E-state index contributed by atoms with van der Waals surface area (Å²) in [5, 5.41) is 2.75. The zero-order valence-corrected chi connectivity index (χ0v) is 11.0. The minimum absolute atomic E-state index is 1.05. The van der Waals surface area contributed by atoms with Crippen LogP contribution < -0.4 is 0 Å². The zero-order valence-electron chi connectivity index (χ0n) is 11.0. The molecule has 0 unspecified atom stereocenters. The first-order valence-electron chi connectivity index (χ1n) is 6.77. The first-order chi connectivity index (χ1) is 9.33. The van der Waals surface area contributed by atoms with E-state index in [0.717, 1.165) is 6.42 Å². The van der Waals surface area contributed by atoms with Crippen LogP contribution in [0.5, 0.6) is 0 Å². The van der Waals surface area contributed by atoms with Gasteiger partial charge in [0, 0.05) is 29.0 Å². The maximum atomic E-state index is 2.35. The van der Waals surface area contributed by atoms with E-state index in [1.54, 1.807) is 0 Å². The smallest absolute Gasteiger partial charge is 0.0602 e. The number of hydrogen-bond donors (Lipinski definition) is 0. The second kappa shape index (κ2) is 3.89. The molecule has 0 aromatic heterocycles. The van der Waals surface area contributed by atoms with Crippen molar-refractivity contribution in [2.24, 2.45) is 0 Å². The van der Waals surface area contributed by atoms with Crippen LogP contribution in [0.2, 0.25) is 0 Å². The van der Waals surface area contributed by atoms with Gasteiger partial charge >= 0.3 is 0 Å². The molecule has 3 aromatic rings. The van der Waals surface area contributed by atoms with Crippen molar-refractivity contribution in [2.45, 2.75) is 13.3 Å². The normalized spacial score (nSPS) is 12.7. The van der Waals surface area contributed by atoms with E-state index in [1.807, 2.05) is 0 Å². The Kier molecular flexibility index (Phi) is 2.19. The molecule has 0 nitrogen and oxygen atoms in total. The fourth-order valence-corrected chi connectivity index (χ4v) is 3.17. The van der Waals surface area contributed by atoms with Crippen molar-refractivity contribution in [1.82, 2.24) is 0 Å². The average molecular weight is 243 g/mol. The van der Waals surface area contributed by atoms with Gasteiger partial charge in [-0.25, -0.2) is 0 Å². The lowest BCUT2D eigenvalue weighted by Gasteiger charge is -2.15. The summed E-state index contributed by atoms with van der Waals surface area (Å²) in [6.07, 6.45) is 3.39. The number of benzene rings is 3. The maximum absolute atomic E-state index is 2.35. The van der Waals surface area contributed by atoms with Crippen LogP contribution in [0.1, 0.15) is 27.8 Å². The molecule has 90 valence electrons. The Hall–Kier alpha value is -2.21. The molecule has 0 spiro atoms. The third-order valence-corrected chi connectivity index (χ3v) is 4.11. The molecule has 1 aliphatic carbocycles. The largest absolute Gasteiger partial charge is 0.0847 e. The lowest BCUT2D eigenvalue weighted by atomic mass is 9.82. The third kappa shape index (κ3) is 1.57. The molecule has 0 heterocycles. The van der Waals surface area contributed by atoms with Crippen LogP contribution in [0.3, 0.4) is 0 Å². The summed E-state index contributed by atoms with van der Waals surface area (Å²) < 4.78 is 0. The van der Waals surface area contributed by atoms with Gasteiger partial charge in [0.25, 0.3) is 0 Å².